The molecule has 0 aromatic carbocycles. The Morgan fingerprint density at radius 3 is 2.53 bits per heavy atom. The van der Waals surface area contributed by atoms with Crippen molar-refractivity contribution in [2.45, 2.75) is 32.2 Å². The summed E-state index contributed by atoms with van der Waals surface area (Å²) in [7, 11) is 2.02. The first kappa shape index (κ1) is 11.7. The molecule has 2 atom stereocenters. The average molecular weight is 264 g/mol. The van der Waals surface area contributed by atoms with Crippen LogP contribution in [-0.4, -0.2) is 13.1 Å². The Bertz CT molecular complexity index is 373. The molecule has 0 radical (unpaired) electrons. The standard InChI is InChI=1S/C11H15Cl2NS/c1-11(2)7(5-8(11)14-3)6-4-9(12)15-10(6)13/h4,7-8,14H,5H2,1-3H3. The van der Waals surface area contributed by atoms with E-state index in [9.17, 15) is 0 Å². The van der Waals surface area contributed by atoms with Crippen molar-refractivity contribution in [2.75, 3.05) is 7.05 Å². The molecule has 1 fully saturated rings. The lowest BCUT2D eigenvalue weighted by atomic mass is 9.57. The second-order valence-electron chi connectivity index (χ2n) is 4.73. The van der Waals surface area contributed by atoms with Crippen LogP contribution in [-0.2, 0) is 0 Å². The zero-order valence-corrected chi connectivity index (χ0v) is 11.4. The molecule has 0 bridgehead atoms. The molecular weight excluding hydrogens is 249 g/mol. The van der Waals surface area contributed by atoms with Crippen LogP contribution < -0.4 is 5.32 Å². The first-order valence-corrected chi connectivity index (χ1v) is 6.66. The Balaban J connectivity index is 2.24. The van der Waals surface area contributed by atoms with Crippen LogP contribution in [0.1, 0.15) is 31.7 Å². The molecule has 0 spiro atoms. The van der Waals surface area contributed by atoms with Gasteiger partial charge in [-0.1, -0.05) is 37.0 Å². The lowest BCUT2D eigenvalue weighted by Gasteiger charge is -2.52. The van der Waals surface area contributed by atoms with Crippen molar-refractivity contribution >= 4 is 34.5 Å². The topological polar surface area (TPSA) is 12.0 Å². The largest absolute Gasteiger partial charge is 0.316 e. The maximum Gasteiger partial charge on any atom is 0.0979 e. The fourth-order valence-corrected chi connectivity index (χ4v) is 4.11. The number of nitrogens with one attached hydrogen (secondary N) is 1. The van der Waals surface area contributed by atoms with Gasteiger partial charge in [0.05, 0.1) is 8.67 Å². The summed E-state index contributed by atoms with van der Waals surface area (Å²) in [6.07, 6.45) is 1.15. The molecule has 0 saturated heterocycles. The van der Waals surface area contributed by atoms with Gasteiger partial charge in [0.15, 0.2) is 0 Å². The van der Waals surface area contributed by atoms with Crippen molar-refractivity contribution in [3.05, 3.63) is 20.3 Å². The molecule has 1 aliphatic carbocycles. The third-order valence-corrected chi connectivity index (χ3v) is 5.19. The van der Waals surface area contributed by atoms with Crippen LogP contribution in [0.15, 0.2) is 6.07 Å². The number of thiophene rings is 1. The Morgan fingerprint density at radius 1 is 1.47 bits per heavy atom. The van der Waals surface area contributed by atoms with Gasteiger partial charge in [-0.15, -0.1) is 11.3 Å². The molecular formula is C11H15Cl2NS. The smallest absolute Gasteiger partial charge is 0.0979 e. The van der Waals surface area contributed by atoms with Crippen molar-refractivity contribution < 1.29 is 0 Å². The maximum absolute atomic E-state index is 6.18. The molecule has 4 heteroatoms. The molecule has 2 rings (SSSR count). The first-order valence-electron chi connectivity index (χ1n) is 5.08. The number of rotatable bonds is 2. The quantitative estimate of drug-likeness (QED) is 0.845. The molecule has 15 heavy (non-hydrogen) atoms. The normalized spacial score (nSPS) is 28.9. The summed E-state index contributed by atoms with van der Waals surface area (Å²) < 4.78 is 1.64. The molecule has 0 amide bonds. The predicted octanol–water partition coefficient (Wildman–Crippen LogP) is 4.16. The van der Waals surface area contributed by atoms with Gasteiger partial charge in [-0.3, -0.25) is 0 Å². The van der Waals surface area contributed by atoms with E-state index in [1.807, 2.05) is 13.1 Å². The average Bonchev–Trinajstić information content (AvgIpc) is 2.45. The van der Waals surface area contributed by atoms with E-state index in [-0.39, 0.29) is 5.41 Å². The van der Waals surface area contributed by atoms with Gasteiger partial charge in [0.1, 0.15) is 0 Å². The minimum atomic E-state index is 0.267. The molecule has 1 nitrogen and oxygen atoms in total. The fourth-order valence-electron chi connectivity index (χ4n) is 2.53. The monoisotopic (exact) mass is 263 g/mol. The molecule has 0 aliphatic heterocycles. The van der Waals surface area contributed by atoms with Crippen molar-refractivity contribution in [1.82, 2.24) is 5.32 Å². The second-order valence-corrected chi connectivity index (χ2v) is 7.02. The van der Waals surface area contributed by atoms with Gasteiger partial charge in [0, 0.05) is 6.04 Å². The van der Waals surface area contributed by atoms with E-state index < -0.39 is 0 Å². The molecule has 1 saturated carbocycles. The van der Waals surface area contributed by atoms with Gasteiger partial charge in [0.25, 0.3) is 0 Å². The number of hydrogen-bond acceptors (Lipinski definition) is 2. The van der Waals surface area contributed by atoms with E-state index in [0.717, 1.165) is 15.1 Å². The molecule has 1 heterocycles. The summed E-state index contributed by atoms with van der Waals surface area (Å²) in [5.74, 6) is 0.534. The Labute approximate surface area is 105 Å². The van der Waals surface area contributed by atoms with Gasteiger partial charge < -0.3 is 5.32 Å². The maximum atomic E-state index is 6.18. The van der Waals surface area contributed by atoms with Gasteiger partial charge in [-0.2, -0.15) is 0 Å². The van der Waals surface area contributed by atoms with Crippen LogP contribution in [0.25, 0.3) is 0 Å². The lowest BCUT2D eigenvalue weighted by Crippen LogP contribution is -2.54. The van der Waals surface area contributed by atoms with Gasteiger partial charge in [0.2, 0.25) is 0 Å². The SMILES string of the molecule is CNC1CC(c2cc(Cl)sc2Cl)C1(C)C. The summed E-state index contributed by atoms with van der Waals surface area (Å²) in [4.78, 5) is 0. The predicted molar refractivity (Wildman–Crippen MR) is 68.3 cm³/mol. The third kappa shape index (κ3) is 1.82. The first-order chi connectivity index (χ1) is 6.96. The molecule has 1 aliphatic rings. The summed E-state index contributed by atoms with van der Waals surface area (Å²) in [6.45, 7) is 4.56. The zero-order chi connectivity index (χ0) is 11.2. The lowest BCUT2D eigenvalue weighted by molar-refractivity contribution is 0.0755. The fraction of sp³-hybridized carbons (Fsp3) is 0.636. The highest BCUT2D eigenvalue weighted by Gasteiger charge is 2.48. The van der Waals surface area contributed by atoms with Crippen molar-refractivity contribution in [1.29, 1.82) is 0 Å². The molecule has 1 N–H and O–H groups in total. The Morgan fingerprint density at radius 2 is 2.13 bits per heavy atom. The van der Waals surface area contributed by atoms with Crippen LogP contribution in [0.2, 0.25) is 8.67 Å². The molecule has 2 unspecified atom stereocenters. The number of halogens is 2. The van der Waals surface area contributed by atoms with Gasteiger partial charge in [-0.05, 0) is 36.4 Å². The van der Waals surface area contributed by atoms with E-state index in [1.165, 1.54) is 16.9 Å². The van der Waals surface area contributed by atoms with E-state index in [0.29, 0.717) is 12.0 Å². The van der Waals surface area contributed by atoms with Crippen LogP contribution >= 0.6 is 34.5 Å². The molecule has 84 valence electrons. The highest BCUT2D eigenvalue weighted by Crippen LogP contribution is 2.55. The van der Waals surface area contributed by atoms with Crippen molar-refractivity contribution in [2.24, 2.45) is 5.41 Å². The van der Waals surface area contributed by atoms with Crippen LogP contribution in [0.5, 0.6) is 0 Å². The van der Waals surface area contributed by atoms with Crippen LogP contribution in [0.4, 0.5) is 0 Å². The highest BCUT2D eigenvalue weighted by molar-refractivity contribution is 7.20. The Kier molecular flexibility index (Phi) is 3.06. The van der Waals surface area contributed by atoms with Gasteiger partial charge in [-0.25, -0.2) is 0 Å². The van der Waals surface area contributed by atoms with Crippen molar-refractivity contribution in [3.8, 4) is 0 Å². The summed E-state index contributed by atoms with van der Waals surface area (Å²) in [5, 5.41) is 3.35. The van der Waals surface area contributed by atoms with E-state index in [2.05, 4.69) is 19.2 Å². The molecule has 1 aromatic rings. The van der Waals surface area contributed by atoms with Crippen molar-refractivity contribution in [3.63, 3.8) is 0 Å². The van der Waals surface area contributed by atoms with Crippen LogP contribution in [0.3, 0.4) is 0 Å². The number of hydrogen-bond donors (Lipinski definition) is 1. The van der Waals surface area contributed by atoms with E-state index in [1.54, 1.807) is 0 Å². The van der Waals surface area contributed by atoms with Gasteiger partial charge >= 0.3 is 0 Å². The Hall–Kier alpha value is 0.240. The minimum absolute atomic E-state index is 0.267. The third-order valence-electron chi connectivity index (χ3n) is 3.67. The van der Waals surface area contributed by atoms with Crippen LogP contribution in [0, 0.1) is 5.41 Å². The zero-order valence-electron chi connectivity index (χ0n) is 9.10. The molecule has 1 aromatic heterocycles. The summed E-state index contributed by atoms with van der Waals surface area (Å²) >= 11 is 13.6. The summed E-state index contributed by atoms with van der Waals surface area (Å²) in [6, 6.07) is 2.60. The minimum Gasteiger partial charge on any atom is -0.316 e. The van der Waals surface area contributed by atoms with E-state index >= 15 is 0 Å². The highest BCUT2D eigenvalue weighted by atomic mass is 35.5. The second kappa shape index (κ2) is 3.92. The summed E-state index contributed by atoms with van der Waals surface area (Å²) in [5.41, 5.74) is 1.49. The van der Waals surface area contributed by atoms with E-state index in [4.69, 9.17) is 23.2 Å².